The minimum absolute atomic E-state index is 0.0718. The summed E-state index contributed by atoms with van der Waals surface area (Å²) < 4.78 is 0. The monoisotopic (exact) mass is 523 g/mol. The van der Waals surface area contributed by atoms with Crippen molar-refractivity contribution < 1.29 is 19.8 Å². The van der Waals surface area contributed by atoms with Gasteiger partial charge in [0.2, 0.25) is 0 Å². The Kier molecular flexibility index (Phi) is 7.06. The summed E-state index contributed by atoms with van der Waals surface area (Å²) in [6, 6.07) is 22.4. The summed E-state index contributed by atoms with van der Waals surface area (Å²) in [5.41, 5.74) is 3.96. The van der Waals surface area contributed by atoms with Crippen molar-refractivity contribution in [1.29, 1.82) is 0 Å². The summed E-state index contributed by atoms with van der Waals surface area (Å²) in [4.78, 5) is 34.3. The number of phenolic OH excluding ortho intramolecular Hbond substituents is 2. The van der Waals surface area contributed by atoms with E-state index in [2.05, 4.69) is 4.98 Å². The number of fused-ring (bicyclic) bond motifs is 1. The first kappa shape index (κ1) is 25.0. The summed E-state index contributed by atoms with van der Waals surface area (Å²) in [6.45, 7) is 0.706. The fraction of sp³-hybridized carbons (Fsp3) is 0.100. The first-order valence-electron chi connectivity index (χ1n) is 11.9. The second-order valence-electron chi connectivity index (χ2n) is 8.92. The van der Waals surface area contributed by atoms with Crippen LogP contribution in [-0.2, 0) is 13.1 Å². The number of carbonyl (C=O) groups is 2. The average molecular weight is 524 g/mol. The van der Waals surface area contributed by atoms with Crippen molar-refractivity contribution in [3.05, 3.63) is 118 Å². The van der Waals surface area contributed by atoms with Crippen molar-refractivity contribution in [3.63, 3.8) is 0 Å². The van der Waals surface area contributed by atoms with E-state index in [0.29, 0.717) is 17.8 Å². The summed E-state index contributed by atoms with van der Waals surface area (Å²) in [5.74, 6) is -1.00. The van der Waals surface area contributed by atoms with E-state index in [1.807, 2.05) is 47.2 Å². The molecule has 0 fully saturated rings. The van der Waals surface area contributed by atoms with Gasteiger partial charge in [0.25, 0.3) is 11.8 Å². The van der Waals surface area contributed by atoms with Gasteiger partial charge in [0.05, 0.1) is 17.6 Å². The van der Waals surface area contributed by atoms with Crippen LogP contribution in [0.1, 0.15) is 31.8 Å². The smallest absolute Gasteiger partial charge is 0.262 e. The zero-order valence-electron chi connectivity index (χ0n) is 20.6. The normalized spacial score (nSPS) is 10.9. The number of benzene rings is 3. The Morgan fingerprint density at radius 1 is 0.895 bits per heavy atom. The third-order valence-electron chi connectivity index (χ3n) is 6.30. The summed E-state index contributed by atoms with van der Waals surface area (Å²) in [5, 5.41) is 24.8. The molecule has 8 heteroatoms. The van der Waals surface area contributed by atoms with Crippen LogP contribution < -0.4 is 4.90 Å². The lowest BCUT2D eigenvalue weighted by atomic mass is 10.1. The Morgan fingerprint density at radius 2 is 1.68 bits per heavy atom. The number of thiophene rings is 1. The van der Waals surface area contributed by atoms with Gasteiger partial charge in [0.1, 0.15) is 11.5 Å². The summed E-state index contributed by atoms with van der Waals surface area (Å²) in [7, 11) is 1.76. The number of carbonyl (C=O) groups excluding carboxylic acids is 2. The molecule has 0 atom stereocenters. The number of aromatic hydroxyl groups is 2. The number of pyridine rings is 1. The van der Waals surface area contributed by atoms with Gasteiger partial charge in [0, 0.05) is 42.5 Å². The Labute approximate surface area is 223 Å². The van der Waals surface area contributed by atoms with Crippen molar-refractivity contribution in [2.45, 2.75) is 13.1 Å². The lowest BCUT2D eigenvalue weighted by Crippen LogP contribution is -2.30. The number of rotatable bonds is 7. The van der Waals surface area contributed by atoms with Crippen LogP contribution in [0.5, 0.6) is 11.5 Å². The number of hydrogen-bond donors (Lipinski definition) is 2. The lowest BCUT2D eigenvalue weighted by Gasteiger charge is -2.24. The van der Waals surface area contributed by atoms with Crippen LogP contribution in [0, 0.1) is 0 Å². The molecule has 2 N–H and O–H groups in total. The minimum atomic E-state index is -0.422. The van der Waals surface area contributed by atoms with Crippen LogP contribution in [0.3, 0.4) is 0 Å². The van der Waals surface area contributed by atoms with Gasteiger partial charge >= 0.3 is 0 Å². The maximum Gasteiger partial charge on any atom is 0.262 e. The molecule has 0 radical (unpaired) electrons. The van der Waals surface area contributed by atoms with E-state index >= 15 is 0 Å². The van der Waals surface area contributed by atoms with Crippen LogP contribution in [0.15, 0.2) is 95.8 Å². The molecule has 3 aromatic carbocycles. The van der Waals surface area contributed by atoms with Crippen LogP contribution in [-0.4, -0.2) is 39.0 Å². The Morgan fingerprint density at radius 3 is 2.42 bits per heavy atom. The molecule has 0 saturated heterocycles. The first-order valence-corrected chi connectivity index (χ1v) is 12.9. The molecule has 0 spiro atoms. The molecule has 0 saturated carbocycles. The number of aromatic nitrogens is 1. The van der Waals surface area contributed by atoms with E-state index in [1.165, 1.54) is 28.4 Å². The zero-order chi connectivity index (χ0) is 26.6. The van der Waals surface area contributed by atoms with Gasteiger partial charge in [-0.05, 0) is 76.5 Å². The number of hydrogen-bond acceptors (Lipinski definition) is 6. The molecule has 190 valence electrons. The van der Waals surface area contributed by atoms with E-state index in [-0.39, 0.29) is 29.5 Å². The van der Waals surface area contributed by atoms with Crippen molar-refractivity contribution in [3.8, 4) is 11.5 Å². The molecule has 0 unspecified atom stereocenters. The van der Waals surface area contributed by atoms with Crippen LogP contribution in [0.25, 0.3) is 10.9 Å². The predicted octanol–water partition coefficient (Wildman–Crippen LogP) is 5.83. The largest absolute Gasteiger partial charge is 0.508 e. The fourth-order valence-electron chi connectivity index (χ4n) is 4.32. The van der Waals surface area contributed by atoms with E-state index in [0.717, 1.165) is 28.1 Å². The molecule has 0 bridgehead atoms. The second kappa shape index (κ2) is 10.7. The highest BCUT2D eigenvalue weighted by Crippen LogP contribution is 2.28. The predicted molar refractivity (Wildman–Crippen MR) is 149 cm³/mol. The highest BCUT2D eigenvalue weighted by Gasteiger charge is 2.22. The SMILES string of the molecule is CN(Cc1ccnc2ccccc12)C(=O)c1ccc(N(Cc2ccsc2)C(=O)c2ccc(O)cc2O)cc1. The number of nitrogens with zero attached hydrogens (tertiary/aromatic N) is 3. The van der Waals surface area contributed by atoms with Crippen molar-refractivity contribution in [2.24, 2.45) is 0 Å². The van der Waals surface area contributed by atoms with Gasteiger partial charge in [-0.1, -0.05) is 18.2 Å². The molecular formula is C30H25N3O4S. The summed E-state index contributed by atoms with van der Waals surface area (Å²) in [6.07, 6.45) is 1.75. The Balaban J connectivity index is 1.38. The quantitative estimate of drug-likeness (QED) is 0.280. The lowest BCUT2D eigenvalue weighted by molar-refractivity contribution is 0.0785. The van der Waals surface area contributed by atoms with Gasteiger partial charge in [-0.15, -0.1) is 0 Å². The summed E-state index contributed by atoms with van der Waals surface area (Å²) >= 11 is 1.53. The molecule has 5 aromatic rings. The standard InChI is InChI=1S/C30H25N3O4S/c1-32(18-22-12-14-31-27-5-3-2-4-25(22)27)29(36)21-6-8-23(9-7-21)33(17-20-13-15-38-19-20)30(37)26-11-10-24(34)16-28(26)35/h2-16,19,34-35H,17-18H2,1H3. The number of phenols is 2. The highest BCUT2D eigenvalue weighted by atomic mass is 32.1. The zero-order valence-corrected chi connectivity index (χ0v) is 21.4. The van der Waals surface area contributed by atoms with E-state index in [1.54, 1.807) is 42.4 Å². The average Bonchev–Trinajstić information content (AvgIpc) is 3.45. The van der Waals surface area contributed by atoms with Crippen LogP contribution >= 0.6 is 11.3 Å². The molecule has 2 amide bonds. The van der Waals surface area contributed by atoms with Gasteiger partial charge < -0.3 is 20.0 Å². The topological polar surface area (TPSA) is 94.0 Å². The maximum absolute atomic E-state index is 13.4. The van der Waals surface area contributed by atoms with Crippen molar-refractivity contribution in [1.82, 2.24) is 9.88 Å². The maximum atomic E-state index is 13.4. The third-order valence-corrected chi connectivity index (χ3v) is 7.03. The molecular weight excluding hydrogens is 498 g/mol. The molecule has 0 aliphatic rings. The minimum Gasteiger partial charge on any atom is -0.508 e. The first-order chi connectivity index (χ1) is 18.4. The molecule has 2 aromatic heterocycles. The number of anilines is 1. The van der Waals surface area contributed by atoms with Crippen molar-refractivity contribution in [2.75, 3.05) is 11.9 Å². The number of para-hydroxylation sites is 1. The fourth-order valence-corrected chi connectivity index (χ4v) is 4.98. The van der Waals surface area contributed by atoms with E-state index in [9.17, 15) is 19.8 Å². The third kappa shape index (κ3) is 5.21. The van der Waals surface area contributed by atoms with E-state index in [4.69, 9.17) is 0 Å². The van der Waals surface area contributed by atoms with Gasteiger partial charge in [-0.25, -0.2) is 0 Å². The molecule has 2 heterocycles. The Hall–Kier alpha value is -4.69. The van der Waals surface area contributed by atoms with Gasteiger partial charge in [0.15, 0.2) is 0 Å². The number of amides is 2. The highest BCUT2D eigenvalue weighted by molar-refractivity contribution is 7.07. The second-order valence-corrected chi connectivity index (χ2v) is 9.70. The molecule has 5 rings (SSSR count). The van der Waals surface area contributed by atoms with Crippen LogP contribution in [0.4, 0.5) is 5.69 Å². The van der Waals surface area contributed by atoms with Gasteiger partial charge in [-0.2, -0.15) is 11.3 Å². The molecule has 0 aliphatic heterocycles. The molecule has 0 aliphatic carbocycles. The molecule has 7 nitrogen and oxygen atoms in total. The Bertz CT molecular complexity index is 1590. The van der Waals surface area contributed by atoms with Crippen LogP contribution in [0.2, 0.25) is 0 Å². The molecule has 38 heavy (non-hydrogen) atoms. The van der Waals surface area contributed by atoms with Crippen molar-refractivity contribution >= 4 is 39.7 Å². The van der Waals surface area contributed by atoms with E-state index < -0.39 is 5.91 Å². The van der Waals surface area contributed by atoms with Gasteiger partial charge in [-0.3, -0.25) is 14.6 Å².